The van der Waals surface area contributed by atoms with E-state index in [-0.39, 0.29) is 17.9 Å². The lowest BCUT2D eigenvalue weighted by Gasteiger charge is -2.04. The molecule has 0 fully saturated rings. The van der Waals surface area contributed by atoms with Crippen LogP contribution in [0.25, 0.3) is 5.13 Å². The van der Waals surface area contributed by atoms with Crippen molar-refractivity contribution in [1.82, 2.24) is 25.2 Å². The minimum atomic E-state index is -1.18. The Morgan fingerprint density at radius 3 is 2.59 bits per heavy atom. The average molecular weight is 319 g/mol. The lowest BCUT2D eigenvalue weighted by molar-refractivity contribution is 0.0689. The number of hydrogen-bond acceptors (Lipinski definition) is 6. The second kappa shape index (κ2) is 5.60. The average Bonchev–Trinajstić information content (AvgIpc) is 3.07. The first-order valence-electron chi connectivity index (χ1n) is 6.27. The Bertz CT molecular complexity index is 827. The summed E-state index contributed by atoms with van der Waals surface area (Å²) < 4.78 is 14.3. The van der Waals surface area contributed by atoms with Crippen LogP contribution in [0.3, 0.4) is 0 Å². The second-order valence-electron chi connectivity index (χ2n) is 4.51. The topological polar surface area (TPSA) is 93.8 Å². The molecule has 0 atom stereocenters. The third-order valence-corrected chi connectivity index (χ3v) is 3.76. The van der Waals surface area contributed by atoms with Gasteiger partial charge in [-0.25, -0.2) is 9.18 Å². The van der Waals surface area contributed by atoms with Gasteiger partial charge in [0.1, 0.15) is 10.8 Å². The number of halogens is 1. The standard InChI is InChI=1S/C13H10FN5O2S/c1-7-15-17-13(22-7)19-10(11(12(20)21)16-18-19)6-8-2-4-9(14)5-3-8/h2-5H,6H2,1H3,(H,20,21). The largest absolute Gasteiger partial charge is 0.476 e. The van der Waals surface area contributed by atoms with Gasteiger partial charge in [0.2, 0.25) is 5.13 Å². The SMILES string of the molecule is Cc1nnc(-n2nnc(C(=O)O)c2Cc2ccc(F)cc2)s1. The van der Waals surface area contributed by atoms with Gasteiger partial charge in [0.25, 0.3) is 0 Å². The summed E-state index contributed by atoms with van der Waals surface area (Å²) in [5.74, 6) is -1.53. The molecule has 22 heavy (non-hydrogen) atoms. The Labute approximate surface area is 128 Å². The van der Waals surface area contributed by atoms with E-state index in [1.807, 2.05) is 0 Å². The van der Waals surface area contributed by atoms with Crippen molar-refractivity contribution in [3.05, 3.63) is 52.0 Å². The summed E-state index contributed by atoms with van der Waals surface area (Å²) in [6.07, 6.45) is 0.244. The van der Waals surface area contributed by atoms with E-state index in [9.17, 15) is 14.3 Å². The number of benzene rings is 1. The van der Waals surface area contributed by atoms with Crippen molar-refractivity contribution in [2.45, 2.75) is 13.3 Å². The molecule has 0 saturated heterocycles. The molecule has 0 saturated carbocycles. The van der Waals surface area contributed by atoms with Crippen LogP contribution >= 0.6 is 11.3 Å². The van der Waals surface area contributed by atoms with Gasteiger partial charge < -0.3 is 5.11 Å². The highest BCUT2D eigenvalue weighted by Gasteiger charge is 2.22. The summed E-state index contributed by atoms with van der Waals surface area (Å²) in [5.41, 5.74) is 0.959. The maximum Gasteiger partial charge on any atom is 0.358 e. The van der Waals surface area contributed by atoms with Gasteiger partial charge in [-0.05, 0) is 24.6 Å². The van der Waals surface area contributed by atoms with Crippen LogP contribution in [0.2, 0.25) is 0 Å². The third kappa shape index (κ3) is 2.70. The van der Waals surface area contributed by atoms with Crippen LogP contribution in [0, 0.1) is 12.7 Å². The van der Waals surface area contributed by atoms with Crippen molar-refractivity contribution in [2.75, 3.05) is 0 Å². The lowest BCUT2D eigenvalue weighted by atomic mass is 10.1. The highest BCUT2D eigenvalue weighted by Crippen LogP contribution is 2.20. The first-order chi connectivity index (χ1) is 10.5. The highest BCUT2D eigenvalue weighted by molar-refractivity contribution is 7.13. The molecule has 3 rings (SSSR count). The van der Waals surface area contributed by atoms with Crippen LogP contribution in [0.5, 0.6) is 0 Å². The molecule has 0 spiro atoms. The van der Waals surface area contributed by atoms with Gasteiger partial charge in [0.05, 0.1) is 5.69 Å². The molecule has 0 aliphatic carbocycles. The molecule has 3 aromatic rings. The van der Waals surface area contributed by atoms with Gasteiger partial charge in [-0.15, -0.1) is 15.3 Å². The van der Waals surface area contributed by atoms with E-state index in [4.69, 9.17) is 0 Å². The predicted octanol–water partition coefficient (Wildman–Crippen LogP) is 1.86. The van der Waals surface area contributed by atoms with E-state index in [0.717, 1.165) is 10.6 Å². The molecular formula is C13H10FN5O2S. The minimum Gasteiger partial charge on any atom is -0.476 e. The Morgan fingerprint density at radius 2 is 2.00 bits per heavy atom. The zero-order valence-corrected chi connectivity index (χ0v) is 12.2. The molecular weight excluding hydrogens is 309 g/mol. The molecule has 0 aliphatic rings. The molecule has 7 nitrogen and oxygen atoms in total. The smallest absolute Gasteiger partial charge is 0.358 e. The van der Waals surface area contributed by atoms with E-state index < -0.39 is 5.97 Å². The van der Waals surface area contributed by atoms with E-state index >= 15 is 0 Å². The quantitative estimate of drug-likeness (QED) is 0.789. The van der Waals surface area contributed by atoms with Gasteiger partial charge in [-0.1, -0.05) is 28.7 Å². The molecule has 112 valence electrons. The molecule has 9 heteroatoms. The van der Waals surface area contributed by atoms with Crippen LogP contribution in [0.4, 0.5) is 4.39 Å². The van der Waals surface area contributed by atoms with Crippen molar-refractivity contribution in [1.29, 1.82) is 0 Å². The molecule has 0 bridgehead atoms. The molecule has 0 aliphatic heterocycles. The number of rotatable bonds is 4. The Morgan fingerprint density at radius 1 is 1.27 bits per heavy atom. The Kier molecular flexibility index (Phi) is 3.63. The number of nitrogens with zero attached hydrogens (tertiary/aromatic N) is 5. The monoisotopic (exact) mass is 319 g/mol. The molecule has 2 heterocycles. The maximum absolute atomic E-state index is 13.0. The van der Waals surface area contributed by atoms with E-state index in [2.05, 4.69) is 20.5 Å². The number of hydrogen-bond donors (Lipinski definition) is 1. The van der Waals surface area contributed by atoms with Crippen molar-refractivity contribution in [2.24, 2.45) is 0 Å². The van der Waals surface area contributed by atoms with Gasteiger partial charge in [-0.2, -0.15) is 4.68 Å². The predicted molar refractivity (Wildman–Crippen MR) is 75.7 cm³/mol. The number of aromatic nitrogens is 5. The number of aromatic carboxylic acids is 1. The molecule has 2 aromatic heterocycles. The fourth-order valence-electron chi connectivity index (χ4n) is 1.95. The van der Waals surface area contributed by atoms with E-state index in [1.54, 1.807) is 19.1 Å². The minimum absolute atomic E-state index is 0.155. The van der Waals surface area contributed by atoms with Crippen LogP contribution in [0.15, 0.2) is 24.3 Å². The molecule has 1 N–H and O–H groups in total. The van der Waals surface area contributed by atoms with Crippen LogP contribution in [-0.2, 0) is 6.42 Å². The van der Waals surface area contributed by atoms with Crippen molar-refractivity contribution in [3.63, 3.8) is 0 Å². The summed E-state index contributed by atoms with van der Waals surface area (Å²) in [7, 11) is 0. The number of aryl methyl sites for hydroxylation is 1. The summed E-state index contributed by atoms with van der Waals surface area (Å²) in [6.45, 7) is 1.79. The van der Waals surface area contributed by atoms with Crippen molar-refractivity contribution in [3.8, 4) is 5.13 Å². The number of carboxylic acid groups (broad SMARTS) is 1. The Hall–Kier alpha value is -2.68. The van der Waals surface area contributed by atoms with Gasteiger partial charge in [-0.3, -0.25) is 0 Å². The lowest BCUT2D eigenvalue weighted by Crippen LogP contribution is -2.07. The van der Waals surface area contributed by atoms with Gasteiger partial charge in [0.15, 0.2) is 5.69 Å². The normalized spacial score (nSPS) is 10.8. The van der Waals surface area contributed by atoms with Gasteiger partial charge >= 0.3 is 5.97 Å². The Balaban J connectivity index is 2.05. The second-order valence-corrected chi connectivity index (χ2v) is 5.67. The van der Waals surface area contributed by atoms with Crippen LogP contribution in [0.1, 0.15) is 26.8 Å². The highest BCUT2D eigenvalue weighted by atomic mass is 32.1. The van der Waals surface area contributed by atoms with Gasteiger partial charge in [0, 0.05) is 6.42 Å². The molecule has 0 unspecified atom stereocenters. The number of carboxylic acids is 1. The zero-order chi connectivity index (χ0) is 15.7. The van der Waals surface area contributed by atoms with Crippen LogP contribution in [-0.4, -0.2) is 36.3 Å². The van der Waals surface area contributed by atoms with Crippen LogP contribution < -0.4 is 0 Å². The van der Waals surface area contributed by atoms with Crippen molar-refractivity contribution >= 4 is 17.3 Å². The molecule has 1 aromatic carbocycles. The maximum atomic E-state index is 13.0. The van der Waals surface area contributed by atoms with E-state index in [1.165, 1.54) is 28.2 Å². The third-order valence-electron chi connectivity index (χ3n) is 2.95. The first-order valence-corrected chi connectivity index (χ1v) is 7.09. The number of carbonyl (C=O) groups is 1. The fourth-order valence-corrected chi connectivity index (χ4v) is 2.61. The summed E-state index contributed by atoms with van der Waals surface area (Å²) in [5, 5.41) is 25.8. The molecule has 0 radical (unpaired) electrons. The first kappa shape index (κ1) is 14.3. The zero-order valence-electron chi connectivity index (χ0n) is 11.4. The summed E-state index contributed by atoms with van der Waals surface area (Å²) in [4.78, 5) is 11.3. The molecule has 0 amide bonds. The summed E-state index contributed by atoms with van der Waals surface area (Å²) >= 11 is 1.28. The van der Waals surface area contributed by atoms with E-state index in [0.29, 0.717) is 10.8 Å². The summed E-state index contributed by atoms with van der Waals surface area (Å²) in [6, 6.07) is 5.81. The fraction of sp³-hybridized carbons (Fsp3) is 0.154. The van der Waals surface area contributed by atoms with Crippen molar-refractivity contribution < 1.29 is 14.3 Å².